The molecule has 2 aliphatic carbocycles. The summed E-state index contributed by atoms with van der Waals surface area (Å²) in [5.41, 5.74) is 0. The van der Waals surface area contributed by atoms with Crippen LogP contribution in [-0.4, -0.2) is 25.2 Å². The number of hydrogen-bond acceptors (Lipinski definition) is 3. The van der Waals surface area contributed by atoms with E-state index in [-0.39, 0.29) is 11.9 Å². The maximum atomic E-state index is 11.7. The zero-order valence-electron chi connectivity index (χ0n) is 10.9. The Hall–Kier alpha value is -0.570. The van der Waals surface area contributed by atoms with Gasteiger partial charge in [-0.3, -0.25) is 4.79 Å². The molecule has 0 spiro atoms. The molecule has 0 radical (unpaired) electrons. The number of hydrogen-bond donors (Lipinski definition) is 1. The predicted octanol–water partition coefficient (Wildman–Crippen LogP) is 2.50. The monoisotopic (exact) mass is 239 g/mol. The Kier molecular flexibility index (Phi) is 4.84. The minimum Gasteiger partial charge on any atom is -0.466 e. The van der Waals surface area contributed by atoms with Gasteiger partial charge in [-0.15, -0.1) is 0 Å². The minimum absolute atomic E-state index is 0.0150. The maximum absolute atomic E-state index is 11.7. The van der Waals surface area contributed by atoms with Gasteiger partial charge < -0.3 is 10.1 Å². The Balaban J connectivity index is 1.66. The summed E-state index contributed by atoms with van der Waals surface area (Å²) in [5.74, 6) is 1.15. The van der Waals surface area contributed by atoms with Gasteiger partial charge >= 0.3 is 5.97 Å². The van der Waals surface area contributed by atoms with Crippen molar-refractivity contribution in [1.29, 1.82) is 0 Å². The molecule has 0 aliphatic heterocycles. The van der Waals surface area contributed by atoms with Crippen molar-refractivity contribution in [2.45, 2.75) is 57.9 Å². The molecule has 3 nitrogen and oxygen atoms in total. The molecule has 0 amide bonds. The van der Waals surface area contributed by atoms with Crippen LogP contribution in [-0.2, 0) is 9.53 Å². The van der Waals surface area contributed by atoms with Crippen LogP contribution in [0.4, 0.5) is 0 Å². The topological polar surface area (TPSA) is 38.3 Å². The SMILES string of the molecule is CCOC(=O)C1CCCC(NCCC2CC2)C1. The molecule has 3 heteroatoms. The molecule has 0 aromatic carbocycles. The summed E-state index contributed by atoms with van der Waals surface area (Å²) in [6, 6.07) is 0.539. The van der Waals surface area contributed by atoms with Crippen LogP contribution in [0.1, 0.15) is 51.9 Å². The van der Waals surface area contributed by atoms with E-state index in [1.807, 2.05) is 6.92 Å². The molecule has 2 saturated carbocycles. The number of carbonyl (C=O) groups is 1. The van der Waals surface area contributed by atoms with Crippen molar-refractivity contribution in [3.05, 3.63) is 0 Å². The number of nitrogens with one attached hydrogen (secondary N) is 1. The molecule has 98 valence electrons. The fraction of sp³-hybridized carbons (Fsp3) is 0.929. The third kappa shape index (κ3) is 4.30. The quantitative estimate of drug-likeness (QED) is 0.724. The van der Waals surface area contributed by atoms with Crippen molar-refractivity contribution in [2.24, 2.45) is 11.8 Å². The first-order valence-electron chi connectivity index (χ1n) is 7.19. The average Bonchev–Trinajstić information content (AvgIpc) is 3.14. The molecule has 0 heterocycles. The molecule has 2 atom stereocenters. The highest BCUT2D eigenvalue weighted by Gasteiger charge is 2.28. The van der Waals surface area contributed by atoms with Gasteiger partial charge in [0.25, 0.3) is 0 Å². The van der Waals surface area contributed by atoms with Crippen LogP contribution in [0.2, 0.25) is 0 Å². The Morgan fingerprint density at radius 2 is 2.12 bits per heavy atom. The molecule has 2 aliphatic rings. The fourth-order valence-electron chi connectivity index (χ4n) is 2.75. The summed E-state index contributed by atoms with van der Waals surface area (Å²) in [5, 5.41) is 3.61. The molecule has 0 saturated heterocycles. The third-order valence-corrected chi connectivity index (χ3v) is 3.98. The van der Waals surface area contributed by atoms with Gasteiger partial charge in [-0.05, 0) is 45.1 Å². The summed E-state index contributed by atoms with van der Waals surface area (Å²) < 4.78 is 5.12. The zero-order valence-corrected chi connectivity index (χ0v) is 10.9. The Labute approximate surface area is 104 Å². The number of rotatable bonds is 6. The van der Waals surface area contributed by atoms with Crippen LogP contribution in [0, 0.1) is 11.8 Å². The minimum atomic E-state index is 0.0150. The molecule has 2 fully saturated rings. The fourth-order valence-corrected chi connectivity index (χ4v) is 2.75. The van der Waals surface area contributed by atoms with E-state index < -0.39 is 0 Å². The second-order valence-corrected chi connectivity index (χ2v) is 5.50. The van der Waals surface area contributed by atoms with E-state index in [0.29, 0.717) is 12.6 Å². The largest absolute Gasteiger partial charge is 0.466 e. The van der Waals surface area contributed by atoms with Crippen molar-refractivity contribution in [3.63, 3.8) is 0 Å². The predicted molar refractivity (Wildman–Crippen MR) is 67.7 cm³/mol. The van der Waals surface area contributed by atoms with Gasteiger partial charge in [-0.1, -0.05) is 19.3 Å². The first-order chi connectivity index (χ1) is 8.29. The van der Waals surface area contributed by atoms with Crippen molar-refractivity contribution in [3.8, 4) is 0 Å². The van der Waals surface area contributed by atoms with Gasteiger partial charge in [0.05, 0.1) is 12.5 Å². The van der Waals surface area contributed by atoms with Gasteiger partial charge in [0, 0.05) is 6.04 Å². The highest BCUT2D eigenvalue weighted by atomic mass is 16.5. The number of esters is 1. The van der Waals surface area contributed by atoms with E-state index in [0.717, 1.165) is 31.7 Å². The van der Waals surface area contributed by atoms with Gasteiger partial charge in [0.2, 0.25) is 0 Å². The molecular formula is C14H25NO2. The van der Waals surface area contributed by atoms with Crippen LogP contribution in [0.15, 0.2) is 0 Å². The van der Waals surface area contributed by atoms with Crippen LogP contribution >= 0.6 is 0 Å². The molecular weight excluding hydrogens is 214 g/mol. The van der Waals surface area contributed by atoms with Crippen LogP contribution < -0.4 is 5.32 Å². The van der Waals surface area contributed by atoms with Crippen molar-refractivity contribution in [2.75, 3.05) is 13.2 Å². The highest BCUT2D eigenvalue weighted by Crippen LogP contribution is 2.32. The molecule has 0 bridgehead atoms. The summed E-state index contributed by atoms with van der Waals surface area (Å²) in [6.07, 6.45) is 8.55. The standard InChI is InChI=1S/C14H25NO2/c1-2-17-14(16)12-4-3-5-13(10-12)15-9-8-11-6-7-11/h11-13,15H,2-10H2,1H3. The number of ether oxygens (including phenoxy) is 1. The highest BCUT2D eigenvalue weighted by molar-refractivity contribution is 5.72. The van der Waals surface area contributed by atoms with E-state index in [2.05, 4.69) is 5.32 Å². The smallest absolute Gasteiger partial charge is 0.308 e. The lowest BCUT2D eigenvalue weighted by atomic mass is 9.85. The lowest BCUT2D eigenvalue weighted by Gasteiger charge is -2.28. The van der Waals surface area contributed by atoms with Gasteiger partial charge in [-0.2, -0.15) is 0 Å². The second kappa shape index (κ2) is 6.39. The molecule has 2 rings (SSSR count). The maximum Gasteiger partial charge on any atom is 0.308 e. The van der Waals surface area contributed by atoms with Crippen molar-refractivity contribution in [1.82, 2.24) is 5.32 Å². The average molecular weight is 239 g/mol. The van der Waals surface area contributed by atoms with E-state index in [4.69, 9.17) is 4.74 Å². The van der Waals surface area contributed by atoms with E-state index >= 15 is 0 Å². The summed E-state index contributed by atoms with van der Waals surface area (Å²) >= 11 is 0. The van der Waals surface area contributed by atoms with E-state index in [9.17, 15) is 4.79 Å². The first kappa shape index (κ1) is 12.9. The van der Waals surface area contributed by atoms with E-state index in [1.54, 1.807) is 0 Å². The summed E-state index contributed by atoms with van der Waals surface area (Å²) in [4.78, 5) is 11.7. The summed E-state index contributed by atoms with van der Waals surface area (Å²) in [6.45, 7) is 3.52. The molecule has 17 heavy (non-hydrogen) atoms. The Bertz CT molecular complexity index is 251. The number of carbonyl (C=O) groups excluding carboxylic acids is 1. The zero-order chi connectivity index (χ0) is 12.1. The van der Waals surface area contributed by atoms with Gasteiger partial charge in [0.15, 0.2) is 0 Å². The normalized spacial score (nSPS) is 29.0. The van der Waals surface area contributed by atoms with E-state index in [1.165, 1.54) is 25.7 Å². The first-order valence-corrected chi connectivity index (χ1v) is 7.19. The van der Waals surface area contributed by atoms with Crippen molar-refractivity contribution < 1.29 is 9.53 Å². The molecule has 0 aromatic rings. The van der Waals surface area contributed by atoms with Gasteiger partial charge in [-0.25, -0.2) is 0 Å². The lowest BCUT2D eigenvalue weighted by Crippen LogP contribution is -2.37. The molecule has 0 aromatic heterocycles. The Morgan fingerprint density at radius 1 is 1.29 bits per heavy atom. The van der Waals surface area contributed by atoms with Crippen LogP contribution in [0.5, 0.6) is 0 Å². The lowest BCUT2D eigenvalue weighted by molar-refractivity contribution is -0.149. The van der Waals surface area contributed by atoms with Crippen LogP contribution in [0.25, 0.3) is 0 Å². The Morgan fingerprint density at radius 3 is 2.82 bits per heavy atom. The molecule has 1 N–H and O–H groups in total. The third-order valence-electron chi connectivity index (χ3n) is 3.98. The molecule has 2 unspecified atom stereocenters. The second-order valence-electron chi connectivity index (χ2n) is 5.50. The van der Waals surface area contributed by atoms with Gasteiger partial charge in [0.1, 0.15) is 0 Å². The van der Waals surface area contributed by atoms with Crippen LogP contribution in [0.3, 0.4) is 0 Å². The van der Waals surface area contributed by atoms with Crippen molar-refractivity contribution >= 4 is 5.97 Å². The summed E-state index contributed by atoms with van der Waals surface area (Å²) in [7, 11) is 0.